The molecule has 1 aliphatic heterocycles. The van der Waals surface area contributed by atoms with Crippen molar-refractivity contribution in [1.82, 2.24) is 4.90 Å². The highest BCUT2D eigenvalue weighted by molar-refractivity contribution is 7.91. The number of amides is 1. The van der Waals surface area contributed by atoms with E-state index in [1.807, 2.05) is 0 Å². The van der Waals surface area contributed by atoms with Gasteiger partial charge in [0, 0.05) is 12.1 Å². The zero-order chi connectivity index (χ0) is 15.7. The van der Waals surface area contributed by atoms with Crippen LogP contribution < -0.4 is 4.74 Å². The zero-order valence-electron chi connectivity index (χ0n) is 12.1. The molecule has 1 heterocycles. The first-order valence-corrected chi connectivity index (χ1v) is 9.17. The van der Waals surface area contributed by atoms with Crippen molar-refractivity contribution in [2.24, 2.45) is 0 Å². The minimum atomic E-state index is -3.03. The van der Waals surface area contributed by atoms with E-state index < -0.39 is 9.84 Å². The lowest BCUT2D eigenvalue weighted by molar-refractivity contribution is -0.135. The van der Waals surface area contributed by atoms with Crippen molar-refractivity contribution < 1.29 is 22.3 Å². The highest BCUT2D eigenvalue weighted by atomic mass is 32.2. The summed E-state index contributed by atoms with van der Waals surface area (Å²) in [6, 6.07) is 5.36. The Balaban J connectivity index is 1.62. The van der Waals surface area contributed by atoms with Crippen molar-refractivity contribution >= 4 is 15.7 Å². The maximum Gasteiger partial charge on any atom is 0.261 e. The van der Waals surface area contributed by atoms with Crippen LogP contribution in [-0.2, 0) is 14.6 Å². The number of halogens is 1. The number of benzene rings is 1. The molecule has 1 atom stereocenters. The first kappa shape index (κ1) is 15.3. The Labute approximate surface area is 129 Å². The highest BCUT2D eigenvalue weighted by Crippen LogP contribution is 2.32. The second-order valence-electron chi connectivity index (χ2n) is 5.83. The summed E-state index contributed by atoms with van der Waals surface area (Å²) in [4.78, 5) is 14.1. The van der Waals surface area contributed by atoms with Gasteiger partial charge in [-0.15, -0.1) is 0 Å². The number of hydrogen-bond donors (Lipinski definition) is 0. The molecule has 5 nitrogen and oxygen atoms in total. The smallest absolute Gasteiger partial charge is 0.261 e. The van der Waals surface area contributed by atoms with E-state index in [9.17, 15) is 17.6 Å². The first-order valence-electron chi connectivity index (χ1n) is 7.34. The molecule has 22 heavy (non-hydrogen) atoms. The standard InChI is InChI=1S/C15H18FNO4S/c16-11-1-5-14(6-2-11)21-9-15(18)17(12-3-4-12)13-7-8-22(19,20)10-13/h1-2,5-6,12-13H,3-4,7-10H2. The maximum absolute atomic E-state index is 12.8. The summed E-state index contributed by atoms with van der Waals surface area (Å²) >= 11 is 0. The summed E-state index contributed by atoms with van der Waals surface area (Å²) in [5, 5.41) is 0. The Hall–Kier alpha value is -1.63. The van der Waals surface area contributed by atoms with E-state index in [-0.39, 0.29) is 41.9 Å². The van der Waals surface area contributed by atoms with Crippen LogP contribution in [0.25, 0.3) is 0 Å². The van der Waals surface area contributed by atoms with E-state index in [0.717, 1.165) is 12.8 Å². The zero-order valence-corrected chi connectivity index (χ0v) is 12.9. The number of sulfone groups is 1. The van der Waals surface area contributed by atoms with E-state index in [2.05, 4.69) is 0 Å². The molecule has 1 saturated carbocycles. The lowest BCUT2D eigenvalue weighted by atomic mass is 10.2. The van der Waals surface area contributed by atoms with E-state index in [0.29, 0.717) is 12.2 Å². The summed E-state index contributed by atoms with van der Waals surface area (Å²) in [6.45, 7) is -0.154. The van der Waals surface area contributed by atoms with Crippen LogP contribution in [0.4, 0.5) is 4.39 Å². The molecule has 0 spiro atoms. The molecule has 120 valence electrons. The normalized spacial score (nSPS) is 23.2. The number of rotatable bonds is 5. The average Bonchev–Trinajstić information content (AvgIpc) is 3.23. The molecule has 1 saturated heterocycles. The fraction of sp³-hybridized carbons (Fsp3) is 0.533. The molecule has 1 aromatic rings. The van der Waals surface area contributed by atoms with Crippen LogP contribution in [0.2, 0.25) is 0 Å². The molecule has 3 rings (SSSR count). The molecule has 0 bridgehead atoms. The second kappa shape index (κ2) is 5.87. The lowest BCUT2D eigenvalue weighted by Crippen LogP contribution is -2.45. The first-order chi connectivity index (χ1) is 10.4. The van der Waals surface area contributed by atoms with Gasteiger partial charge in [-0.25, -0.2) is 12.8 Å². The van der Waals surface area contributed by atoms with Gasteiger partial charge >= 0.3 is 0 Å². The largest absolute Gasteiger partial charge is 0.484 e. The second-order valence-corrected chi connectivity index (χ2v) is 8.06. The molecule has 0 aromatic heterocycles. The van der Waals surface area contributed by atoms with Gasteiger partial charge in [-0.2, -0.15) is 0 Å². The summed E-state index contributed by atoms with van der Waals surface area (Å²) in [5.41, 5.74) is 0. The molecule has 0 N–H and O–H groups in total. The van der Waals surface area contributed by atoms with Crippen LogP contribution in [0, 0.1) is 5.82 Å². The maximum atomic E-state index is 12.8. The van der Waals surface area contributed by atoms with Crippen LogP contribution in [0.15, 0.2) is 24.3 Å². The predicted molar refractivity (Wildman–Crippen MR) is 78.8 cm³/mol. The van der Waals surface area contributed by atoms with Gasteiger partial charge in [0.1, 0.15) is 11.6 Å². The van der Waals surface area contributed by atoms with Gasteiger partial charge < -0.3 is 9.64 Å². The Kier molecular flexibility index (Phi) is 4.08. The van der Waals surface area contributed by atoms with Crippen LogP contribution in [-0.4, -0.2) is 49.4 Å². The monoisotopic (exact) mass is 327 g/mol. The third-order valence-corrected chi connectivity index (χ3v) is 5.76. The molecule has 2 aliphatic rings. The van der Waals surface area contributed by atoms with Gasteiger partial charge in [0.15, 0.2) is 16.4 Å². The van der Waals surface area contributed by atoms with Crippen LogP contribution in [0.1, 0.15) is 19.3 Å². The summed E-state index contributed by atoms with van der Waals surface area (Å²) in [5.74, 6) is 0.0478. The fourth-order valence-electron chi connectivity index (χ4n) is 2.80. The Morgan fingerprint density at radius 1 is 1.18 bits per heavy atom. The summed E-state index contributed by atoms with van der Waals surface area (Å²) in [6.07, 6.45) is 2.33. The molecular formula is C15H18FNO4S. The highest BCUT2D eigenvalue weighted by Gasteiger charge is 2.42. The van der Waals surface area contributed by atoms with Crippen molar-refractivity contribution in [1.29, 1.82) is 0 Å². The van der Waals surface area contributed by atoms with Crippen molar-refractivity contribution in [2.45, 2.75) is 31.3 Å². The van der Waals surface area contributed by atoms with Crippen LogP contribution >= 0.6 is 0 Å². The minimum absolute atomic E-state index is 0.0474. The molecule has 2 fully saturated rings. The molecule has 1 amide bonds. The topological polar surface area (TPSA) is 63.7 Å². The van der Waals surface area contributed by atoms with Gasteiger partial charge in [0.2, 0.25) is 0 Å². The third kappa shape index (κ3) is 3.58. The Morgan fingerprint density at radius 3 is 2.41 bits per heavy atom. The van der Waals surface area contributed by atoms with Gasteiger partial charge in [-0.05, 0) is 43.5 Å². The molecule has 0 radical (unpaired) electrons. The summed E-state index contributed by atoms with van der Waals surface area (Å²) < 4.78 is 41.4. The van der Waals surface area contributed by atoms with Crippen LogP contribution in [0.5, 0.6) is 5.75 Å². The number of ether oxygens (including phenoxy) is 1. The molecule has 1 aromatic carbocycles. The average molecular weight is 327 g/mol. The quantitative estimate of drug-likeness (QED) is 0.820. The molecule has 1 unspecified atom stereocenters. The number of carbonyl (C=O) groups is 1. The Bertz CT molecular complexity index is 655. The van der Waals surface area contributed by atoms with E-state index in [4.69, 9.17) is 4.74 Å². The van der Waals surface area contributed by atoms with Crippen LogP contribution in [0.3, 0.4) is 0 Å². The van der Waals surface area contributed by atoms with E-state index in [1.165, 1.54) is 24.3 Å². The molecule has 7 heteroatoms. The van der Waals surface area contributed by atoms with E-state index >= 15 is 0 Å². The van der Waals surface area contributed by atoms with Crippen molar-refractivity contribution in [3.8, 4) is 5.75 Å². The van der Waals surface area contributed by atoms with Gasteiger partial charge in [0.05, 0.1) is 11.5 Å². The van der Waals surface area contributed by atoms with Gasteiger partial charge in [-0.1, -0.05) is 0 Å². The van der Waals surface area contributed by atoms with Gasteiger partial charge in [-0.3, -0.25) is 4.79 Å². The fourth-order valence-corrected chi connectivity index (χ4v) is 4.51. The van der Waals surface area contributed by atoms with Crippen molar-refractivity contribution in [3.05, 3.63) is 30.1 Å². The lowest BCUT2D eigenvalue weighted by Gasteiger charge is -2.28. The van der Waals surface area contributed by atoms with E-state index in [1.54, 1.807) is 4.90 Å². The van der Waals surface area contributed by atoms with Crippen molar-refractivity contribution in [2.75, 3.05) is 18.1 Å². The van der Waals surface area contributed by atoms with Crippen molar-refractivity contribution in [3.63, 3.8) is 0 Å². The Morgan fingerprint density at radius 2 is 1.86 bits per heavy atom. The number of hydrogen-bond acceptors (Lipinski definition) is 4. The molecule has 1 aliphatic carbocycles. The number of nitrogens with zero attached hydrogens (tertiary/aromatic N) is 1. The molecular weight excluding hydrogens is 309 g/mol. The minimum Gasteiger partial charge on any atom is -0.484 e. The number of carbonyl (C=O) groups excluding carboxylic acids is 1. The summed E-state index contributed by atoms with van der Waals surface area (Å²) in [7, 11) is -3.03. The SMILES string of the molecule is O=C(COc1ccc(F)cc1)N(C1CC1)C1CCS(=O)(=O)C1. The van der Waals surface area contributed by atoms with Gasteiger partial charge in [0.25, 0.3) is 5.91 Å². The predicted octanol–water partition coefficient (Wildman–Crippen LogP) is 1.38. The third-order valence-electron chi connectivity index (χ3n) is 4.01.